The molecule has 80 valence electrons. The summed E-state index contributed by atoms with van der Waals surface area (Å²) in [6.45, 7) is 4.18. The molecule has 0 aromatic rings. The van der Waals surface area contributed by atoms with Crippen molar-refractivity contribution in [2.24, 2.45) is 5.41 Å². The van der Waals surface area contributed by atoms with E-state index < -0.39 is 30.1 Å². The van der Waals surface area contributed by atoms with Crippen LogP contribution in [0.3, 0.4) is 0 Å². The van der Waals surface area contributed by atoms with Crippen molar-refractivity contribution in [1.29, 1.82) is 0 Å². The van der Waals surface area contributed by atoms with Crippen LogP contribution in [-0.2, 0) is 23.9 Å². The second kappa shape index (κ2) is 4.59. The van der Waals surface area contributed by atoms with Crippen molar-refractivity contribution in [3.8, 4) is 0 Å². The quantitative estimate of drug-likeness (QED) is 0.391. The van der Waals surface area contributed by atoms with Gasteiger partial charge in [-0.3, -0.25) is 4.79 Å². The van der Waals surface area contributed by atoms with Gasteiger partial charge in [0.2, 0.25) is 6.79 Å². The van der Waals surface area contributed by atoms with Crippen LogP contribution in [0.1, 0.15) is 20.8 Å². The largest absolute Gasteiger partial charge is 0.473 e. The monoisotopic (exact) mass is 204 g/mol. The lowest BCUT2D eigenvalue weighted by atomic mass is 9.98. The van der Waals surface area contributed by atoms with Gasteiger partial charge < -0.3 is 14.6 Å². The van der Waals surface area contributed by atoms with E-state index in [-0.39, 0.29) is 0 Å². The normalized spacial score (nSPS) is 10.5. The molecule has 0 aromatic heterocycles. The first kappa shape index (κ1) is 12.4. The summed E-state index contributed by atoms with van der Waals surface area (Å²) in [6, 6.07) is 0. The van der Waals surface area contributed by atoms with E-state index in [4.69, 9.17) is 5.11 Å². The lowest BCUT2D eigenvalue weighted by molar-refractivity contribution is -0.179. The molecule has 0 bridgehead atoms. The number of carboxylic acids is 1. The van der Waals surface area contributed by atoms with Crippen LogP contribution in [0, 0.1) is 5.41 Å². The molecule has 0 heterocycles. The number of hydrogen-bond acceptors (Lipinski definition) is 5. The molecule has 6 heteroatoms. The predicted molar refractivity (Wildman–Crippen MR) is 44.1 cm³/mol. The molecule has 6 nitrogen and oxygen atoms in total. The fourth-order valence-electron chi connectivity index (χ4n) is 0.415. The van der Waals surface area contributed by atoms with E-state index in [0.717, 1.165) is 0 Å². The zero-order valence-corrected chi connectivity index (χ0v) is 8.20. The topological polar surface area (TPSA) is 89.9 Å². The van der Waals surface area contributed by atoms with Gasteiger partial charge in [0.1, 0.15) is 0 Å². The molecule has 0 amide bonds. The van der Waals surface area contributed by atoms with Crippen LogP contribution in [0.5, 0.6) is 0 Å². The molecule has 14 heavy (non-hydrogen) atoms. The zero-order chi connectivity index (χ0) is 11.4. The molecular weight excluding hydrogens is 192 g/mol. The third-order valence-electron chi connectivity index (χ3n) is 1.17. The summed E-state index contributed by atoms with van der Waals surface area (Å²) in [7, 11) is 0. The van der Waals surface area contributed by atoms with E-state index in [2.05, 4.69) is 9.47 Å². The van der Waals surface area contributed by atoms with Gasteiger partial charge in [0, 0.05) is 0 Å². The molecule has 0 aliphatic heterocycles. The van der Waals surface area contributed by atoms with Crippen molar-refractivity contribution in [3.05, 3.63) is 0 Å². The Balaban J connectivity index is 3.82. The molecule has 0 fully saturated rings. The second-order valence-electron chi connectivity index (χ2n) is 3.54. The van der Waals surface area contributed by atoms with Crippen LogP contribution in [-0.4, -0.2) is 29.8 Å². The SMILES string of the molecule is CC(C)(C)C(=O)OCOC(=O)C(=O)O. The number of hydrogen-bond donors (Lipinski definition) is 1. The number of aliphatic carboxylic acids is 1. The summed E-state index contributed by atoms with van der Waals surface area (Å²) in [5.74, 6) is -3.75. The molecule has 0 rings (SSSR count). The van der Waals surface area contributed by atoms with Crippen molar-refractivity contribution in [2.45, 2.75) is 20.8 Å². The van der Waals surface area contributed by atoms with E-state index in [1.54, 1.807) is 20.8 Å². The fourth-order valence-corrected chi connectivity index (χ4v) is 0.415. The Hall–Kier alpha value is -1.59. The Bertz CT molecular complexity index is 249. The summed E-state index contributed by atoms with van der Waals surface area (Å²) < 4.78 is 8.57. The highest BCUT2D eigenvalue weighted by molar-refractivity contribution is 6.28. The minimum atomic E-state index is -1.73. The summed E-state index contributed by atoms with van der Waals surface area (Å²) in [4.78, 5) is 31.4. The Morgan fingerprint density at radius 2 is 1.64 bits per heavy atom. The van der Waals surface area contributed by atoms with Gasteiger partial charge in [0.25, 0.3) is 0 Å². The summed E-state index contributed by atoms with van der Waals surface area (Å²) >= 11 is 0. The fraction of sp³-hybridized carbons (Fsp3) is 0.625. The van der Waals surface area contributed by atoms with Gasteiger partial charge in [0.15, 0.2) is 0 Å². The van der Waals surface area contributed by atoms with Gasteiger partial charge >= 0.3 is 17.9 Å². The summed E-state index contributed by atoms with van der Waals surface area (Å²) in [5, 5.41) is 8.09. The third-order valence-corrected chi connectivity index (χ3v) is 1.17. The van der Waals surface area contributed by atoms with Crippen molar-refractivity contribution >= 4 is 17.9 Å². The molecule has 0 spiro atoms. The number of carboxylic acid groups (broad SMARTS) is 1. The summed E-state index contributed by atoms with van der Waals surface area (Å²) in [5.41, 5.74) is -0.713. The molecule has 1 N–H and O–H groups in total. The third kappa shape index (κ3) is 4.44. The Kier molecular flexibility index (Phi) is 4.07. The van der Waals surface area contributed by atoms with Crippen molar-refractivity contribution < 1.29 is 29.0 Å². The average Bonchev–Trinajstić information content (AvgIpc) is 2.01. The minimum Gasteiger partial charge on any atom is -0.473 e. The standard InChI is InChI=1S/C8H12O6/c1-8(2,3)7(12)14-4-13-6(11)5(9)10/h4H2,1-3H3,(H,9,10). The number of esters is 2. The highest BCUT2D eigenvalue weighted by atomic mass is 16.7. The van der Waals surface area contributed by atoms with Crippen LogP contribution in [0.4, 0.5) is 0 Å². The van der Waals surface area contributed by atoms with Crippen LogP contribution in [0.15, 0.2) is 0 Å². The Morgan fingerprint density at radius 1 is 1.14 bits per heavy atom. The maximum Gasteiger partial charge on any atom is 0.420 e. The van der Waals surface area contributed by atoms with Gasteiger partial charge in [0.05, 0.1) is 5.41 Å². The van der Waals surface area contributed by atoms with Gasteiger partial charge in [-0.1, -0.05) is 0 Å². The van der Waals surface area contributed by atoms with Gasteiger partial charge in [-0.15, -0.1) is 0 Å². The van der Waals surface area contributed by atoms with Gasteiger partial charge in [-0.25, -0.2) is 9.59 Å². The maximum atomic E-state index is 11.1. The molecule has 0 aliphatic rings. The molecule has 0 atom stereocenters. The summed E-state index contributed by atoms with van der Waals surface area (Å²) in [6.07, 6.45) is 0. The predicted octanol–water partition coefficient (Wildman–Crippen LogP) is 0.161. The van der Waals surface area contributed by atoms with Crippen LogP contribution < -0.4 is 0 Å². The van der Waals surface area contributed by atoms with Crippen LogP contribution in [0.2, 0.25) is 0 Å². The zero-order valence-electron chi connectivity index (χ0n) is 8.20. The van der Waals surface area contributed by atoms with Crippen molar-refractivity contribution in [3.63, 3.8) is 0 Å². The van der Waals surface area contributed by atoms with Gasteiger partial charge in [-0.05, 0) is 20.8 Å². The highest BCUT2D eigenvalue weighted by Crippen LogP contribution is 2.14. The van der Waals surface area contributed by atoms with E-state index in [1.165, 1.54) is 0 Å². The first-order valence-corrected chi connectivity index (χ1v) is 3.82. The number of rotatable bonds is 2. The number of ether oxygens (including phenoxy) is 2. The van der Waals surface area contributed by atoms with Crippen molar-refractivity contribution in [1.82, 2.24) is 0 Å². The lowest BCUT2D eigenvalue weighted by Crippen LogP contribution is -2.26. The van der Waals surface area contributed by atoms with E-state index in [0.29, 0.717) is 0 Å². The second-order valence-corrected chi connectivity index (χ2v) is 3.54. The lowest BCUT2D eigenvalue weighted by Gasteiger charge is -2.15. The Labute approximate surface area is 80.8 Å². The molecule has 0 saturated heterocycles. The number of carbonyl (C=O) groups excluding carboxylic acids is 2. The first-order valence-electron chi connectivity index (χ1n) is 3.82. The smallest absolute Gasteiger partial charge is 0.420 e. The molecule has 0 unspecified atom stereocenters. The molecule has 0 radical (unpaired) electrons. The van der Waals surface area contributed by atoms with Crippen molar-refractivity contribution in [2.75, 3.05) is 6.79 Å². The van der Waals surface area contributed by atoms with Crippen LogP contribution in [0.25, 0.3) is 0 Å². The maximum absolute atomic E-state index is 11.1. The van der Waals surface area contributed by atoms with Crippen LogP contribution >= 0.6 is 0 Å². The number of carbonyl (C=O) groups is 3. The molecule has 0 aromatic carbocycles. The average molecular weight is 204 g/mol. The first-order chi connectivity index (χ1) is 6.25. The van der Waals surface area contributed by atoms with Gasteiger partial charge in [-0.2, -0.15) is 0 Å². The highest BCUT2D eigenvalue weighted by Gasteiger charge is 2.23. The molecule has 0 aliphatic carbocycles. The minimum absolute atomic E-state index is 0.573. The van der Waals surface area contributed by atoms with E-state index in [1.807, 2.05) is 0 Å². The van der Waals surface area contributed by atoms with E-state index in [9.17, 15) is 14.4 Å². The molecule has 0 saturated carbocycles. The van der Waals surface area contributed by atoms with E-state index >= 15 is 0 Å². The molecular formula is C8H12O6. The Morgan fingerprint density at radius 3 is 2.00 bits per heavy atom.